The van der Waals surface area contributed by atoms with Crippen LogP contribution in [0.3, 0.4) is 0 Å². The minimum absolute atomic E-state index is 0.564. The zero-order valence-electron chi connectivity index (χ0n) is 13.1. The van der Waals surface area contributed by atoms with Crippen molar-refractivity contribution in [1.82, 2.24) is 9.80 Å². The lowest BCUT2D eigenvalue weighted by Gasteiger charge is -2.52. The average Bonchev–Trinajstić information content (AvgIpc) is 2.26. The van der Waals surface area contributed by atoms with E-state index in [1.54, 1.807) is 0 Å². The topological polar surface area (TPSA) is 6.48 Å². The molecule has 0 aromatic carbocycles. The van der Waals surface area contributed by atoms with Crippen LogP contribution in [0, 0.1) is 17.3 Å². The lowest BCUT2D eigenvalue weighted by Crippen LogP contribution is -2.61. The first-order valence-electron chi connectivity index (χ1n) is 7.86. The van der Waals surface area contributed by atoms with Crippen molar-refractivity contribution in [1.29, 1.82) is 0 Å². The molecule has 0 atom stereocenters. The summed E-state index contributed by atoms with van der Waals surface area (Å²) in [5, 5.41) is 0. The molecule has 0 bridgehead atoms. The summed E-state index contributed by atoms with van der Waals surface area (Å²) in [5.41, 5.74) is 0.564. The predicted octanol–water partition coefficient (Wildman–Crippen LogP) is 3.08. The molecule has 2 aliphatic heterocycles. The maximum Gasteiger partial charge on any atom is 0.00628 e. The zero-order chi connectivity index (χ0) is 13.3. The van der Waals surface area contributed by atoms with Gasteiger partial charge in [0.15, 0.2) is 0 Å². The van der Waals surface area contributed by atoms with Gasteiger partial charge in [0.25, 0.3) is 0 Å². The van der Waals surface area contributed by atoms with Gasteiger partial charge in [-0.15, -0.1) is 0 Å². The largest absolute Gasteiger partial charge is 0.303 e. The second-order valence-electron chi connectivity index (χ2n) is 7.67. The van der Waals surface area contributed by atoms with Gasteiger partial charge in [0, 0.05) is 31.1 Å². The van der Waals surface area contributed by atoms with Crippen LogP contribution in [0.15, 0.2) is 0 Å². The van der Waals surface area contributed by atoms with E-state index in [2.05, 4.69) is 44.4 Å². The van der Waals surface area contributed by atoms with E-state index in [0.29, 0.717) is 5.41 Å². The highest BCUT2D eigenvalue weighted by Crippen LogP contribution is 2.34. The number of piperidine rings is 1. The lowest BCUT2D eigenvalue weighted by molar-refractivity contribution is -0.0375. The van der Waals surface area contributed by atoms with E-state index in [4.69, 9.17) is 0 Å². The van der Waals surface area contributed by atoms with E-state index in [1.165, 1.54) is 45.6 Å². The Labute approximate surface area is 114 Å². The fourth-order valence-corrected chi connectivity index (χ4v) is 3.72. The molecule has 2 saturated heterocycles. The first-order valence-corrected chi connectivity index (χ1v) is 7.86. The maximum absolute atomic E-state index is 2.72. The molecular formula is C16H32N2. The molecule has 0 saturated carbocycles. The summed E-state index contributed by atoms with van der Waals surface area (Å²) in [4.78, 5) is 5.32. The van der Waals surface area contributed by atoms with Crippen LogP contribution in [0.5, 0.6) is 0 Å². The summed E-state index contributed by atoms with van der Waals surface area (Å²) in [6, 6.07) is 0.727. The number of nitrogens with zero attached hydrogens (tertiary/aromatic N) is 2. The minimum atomic E-state index is 0.564. The third-order valence-corrected chi connectivity index (χ3v) is 5.08. The van der Waals surface area contributed by atoms with Gasteiger partial charge in [-0.3, -0.25) is 4.90 Å². The highest BCUT2D eigenvalue weighted by molar-refractivity contribution is 4.95. The molecule has 0 radical (unpaired) electrons. The normalized spacial score (nSPS) is 26.8. The molecule has 2 rings (SSSR count). The summed E-state index contributed by atoms with van der Waals surface area (Å²) >= 11 is 0. The number of hydrogen-bond acceptors (Lipinski definition) is 2. The highest BCUT2D eigenvalue weighted by atomic mass is 15.3. The molecule has 2 nitrogen and oxygen atoms in total. The monoisotopic (exact) mass is 252 g/mol. The molecule has 2 heteroatoms. The second kappa shape index (κ2) is 5.50. The Balaban J connectivity index is 1.72. The van der Waals surface area contributed by atoms with Crippen LogP contribution in [-0.4, -0.2) is 48.6 Å². The molecular weight excluding hydrogens is 220 g/mol. The quantitative estimate of drug-likeness (QED) is 0.758. The van der Waals surface area contributed by atoms with Crippen LogP contribution < -0.4 is 0 Å². The number of likely N-dealkylation sites (tertiary alicyclic amines) is 2. The third-order valence-electron chi connectivity index (χ3n) is 5.08. The van der Waals surface area contributed by atoms with Crippen LogP contribution >= 0.6 is 0 Å². The second-order valence-corrected chi connectivity index (χ2v) is 7.67. The first-order chi connectivity index (χ1) is 8.39. The Hall–Kier alpha value is -0.0800. The van der Waals surface area contributed by atoms with Gasteiger partial charge in [-0.1, -0.05) is 20.8 Å². The summed E-state index contributed by atoms with van der Waals surface area (Å²) in [6.45, 7) is 18.5. The molecule has 0 aromatic heterocycles. The van der Waals surface area contributed by atoms with Crippen molar-refractivity contribution in [2.45, 2.75) is 53.5 Å². The number of hydrogen-bond donors (Lipinski definition) is 0. The van der Waals surface area contributed by atoms with Gasteiger partial charge in [-0.2, -0.15) is 0 Å². The molecule has 0 spiro atoms. The van der Waals surface area contributed by atoms with Gasteiger partial charge in [0.2, 0.25) is 0 Å². The van der Waals surface area contributed by atoms with Gasteiger partial charge in [0.05, 0.1) is 0 Å². The molecule has 106 valence electrons. The van der Waals surface area contributed by atoms with Gasteiger partial charge in [0.1, 0.15) is 0 Å². The maximum atomic E-state index is 2.72. The van der Waals surface area contributed by atoms with Crippen LogP contribution in [0.1, 0.15) is 47.5 Å². The Morgan fingerprint density at radius 2 is 1.61 bits per heavy atom. The fraction of sp³-hybridized carbons (Fsp3) is 1.00. The van der Waals surface area contributed by atoms with E-state index in [0.717, 1.165) is 17.9 Å². The van der Waals surface area contributed by atoms with E-state index < -0.39 is 0 Å². The predicted molar refractivity (Wildman–Crippen MR) is 78.8 cm³/mol. The first kappa shape index (κ1) is 14.3. The average molecular weight is 252 g/mol. The molecule has 18 heavy (non-hydrogen) atoms. The molecule has 2 heterocycles. The highest BCUT2D eigenvalue weighted by Gasteiger charge is 2.41. The molecule has 2 fully saturated rings. The minimum Gasteiger partial charge on any atom is -0.303 e. The van der Waals surface area contributed by atoms with Crippen molar-refractivity contribution in [2.75, 3.05) is 32.7 Å². The summed E-state index contributed by atoms with van der Waals surface area (Å²) < 4.78 is 0. The molecule has 0 amide bonds. The molecule has 0 unspecified atom stereocenters. The van der Waals surface area contributed by atoms with Crippen LogP contribution in [0.25, 0.3) is 0 Å². The summed E-state index contributed by atoms with van der Waals surface area (Å²) in [5.74, 6) is 1.85. The number of rotatable bonds is 4. The summed E-state index contributed by atoms with van der Waals surface area (Å²) in [6.07, 6.45) is 2.84. The van der Waals surface area contributed by atoms with Crippen molar-refractivity contribution in [3.63, 3.8) is 0 Å². The van der Waals surface area contributed by atoms with Gasteiger partial charge in [-0.05, 0) is 51.6 Å². The van der Waals surface area contributed by atoms with Crippen molar-refractivity contribution >= 4 is 0 Å². The summed E-state index contributed by atoms with van der Waals surface area (Å²) in [7, 11) is 0. The van der Waals surface area contributed by atoms with Crippen molar-refractivity contribution in [3.05, 3.63) is 0 Å². The van der Waals surface area contributed by atoms with Crippen molar-refractivity contribution < 1.29 is 0 Å². The fourth-order valence-electron chi connectivity index (χ4n) is 3.72. The van der Waals surface area contributed by atoms with Gasteiger partial charge < -0.3 is 4.90 Å². The molecule has 0 aromatic rings. The standard InChI is InChI=1S/C16H32N2/c1-13(2)15-6-8-17(9-7-15)10-16(5)11-18(12-16)14(3)4/h13-15H,6-12H2,1-5H3. The third kappa shape index (κ3) is 3.27. The van der Waals surface area contributed by atoms with Gasteiger partial charge >= 0.3 is 0 Å². The van der Waals surface area contributed by atoms with E-state index in [9.17, 15) is 0 Å². The van der Waals surface area contributed by atoms with Crippen LogP contribution in [-0.2, 0) is 0 Å². The van der Waals surface area contributed by atoms with E-state index in [-0.39, 0.29) is 0 Å². The van der Waals surface area contributed by atoms with Crippen molar-refractivity contribution in [2.24, 2.45) is 17.3 Å². The zero-order valence-corrected chi connectivity index (χ0v) is 13.1. The van der Waals surface area contributed by atoms with Crippen molar-refractivity contribution in [3.8, 4) is 0 Å². The smallest absolute Gasteiger partial charge is 0.00628 e. The Morgan fingerprint density at radius 1 is 1.06 bits per heavy atom. The lowest BCUT2D eigenvalue weighted by atomic mass is 9.79. The van der Waals surface area contributed by atoms with Gasteiger partial charge in [-0.25, -0.2) is 0 Å². The SMILES string of the molecule is CC(C)C1CCN(CC2(C)CN(C(C)C)C2)CC1. The Bertz CT molecular complexity index is 258. The molecule has 0 aliphatic carbocycles. The van der Waals surface area contributed by atoms with E-state index in [1.807, 2.05) is 0 Å². The van der Waals surface area contributed by atoms with E-state index >= 15 is 0 Å². The van der Waals surface area contributed by atoms with Crippen LogP contribution in [0.2, 0.25) is 0 Å². The molecule has 0 N–H and O–H groups in total. The molecule has 2 aliphatic rings. The van der Waals surface area contributed by atoms with Crippen LogP contribution in [0.4, 0.5) is 0 Å². The Kier molecular flexibility index (Phi) is 4.38. The Morgan fingerprint density at radius 3 is 2.06 bits per heavy atom.